The van der Waals surface area contributed by atoms with E-state index in [2.05, 4.69) is 15.1 Å². The Kier molecular flexibility index (Phi) is 6.97. The van der Waals surface area contributed by atoms with Crippen LogP contribution in [0.15, 0.2) is 61.1 Å². The molecule has 26 heavy (non-hydrogen) atoms. The van der Waals surface area contributed by atoms with Crippen LogP contribution >= 0.6 is 0 Å². The van der Waals surface area contributed by atoms with E-state index in [1.54, 1.807) is 17.1 Å². The normalized spacial score (nSPS) is 9.73. The molecule has 0 unspecified atom stereocenters. The van der Waals surface area contributed by atoms with Crippen LogP contribution in [-0.2, 0) is 7.05 Å². The Morgan fingerprint density at radius 1 is 0.731 bits per heavy atom. The van der Waals surface area contributed by atoms with Crippen LogP contribution in [0.5, 0.6) is 0 Å². The molecule has 0 aliphatic rings. The topological polar surface area (TPSA) is 56.5 Å². The van der Waals surface area contributed by atoms with E-state index < -0.39 is 0 Å². The van der Waals surface area contributed by atoms with Gasteiger partial charge in [-0.15, -0.1) is 0 Å². The van der Waals surface area contributed by atoms with E-state index in [9.17, 15) is 0 Å². The van der Waals surface area contributed by atoms with E-state index >= 15 is 0 Å². The van der Waals surface area contributed by atoms with Gasteiger partial charge >= 0.3 is 0 Å². The molecule has 0 aliphatic heterocycles. The SMILES string of the molecule is CC.CC.Cn1cc(-c2ccc3ncccc3n2)c(-c2ccccn2)n1. The molecule has 0 aromatic carbocycles. The number of pyridine rings is 3. The molecule has 4 aromatic rings. The molecule has 0 saturated carbocycles. The molecular weight excluding hydrogens is 322 g/mol. The third-order valence-electron chi connectivity index (χ3n) is 3.47. The Balaban J connectivity index is 0.000000570. The van der Waals surface area contributed by atoms with E-state index in [0.29, 0.717) is 0 Å². The van der Waals surface area contributed by atoms with E-state index in [1.165, 1.54) is 0 Å². The minimum Gasteiger partial charge on any atom is -0.274 e. The molecule has 0 bridgehead atoms. The first-order valence-corrected chi connectivity index (χ1v) is 8.98. The van der Waals surface area contributed by atoms with Crippen LogP contribution in [0.25, 0.3) is 33.7 Å². The van der Waals surface area contributed by atoms with Gasteiger partial charge in [-0.1, -0.05) is 33.8 Å². The summed E-state index contributed by atoms with van der Waals surface area (Å²) in [6.07, 6.45) is 5.51. The van der Waals surface area contributed by atoms with Crippen molar-refractivity contribution >= 4 is 11.0 Å². The van der Waals surface area contributed by atoms with Crippen LogP contribution in [0.1, 0.15) is 27.7 Å². The van der Waals surface area contributed by atoms with Crippen LogP contribution < -0.4 is 0 Å². The molecule has 0 N–H and O–H groups in total. The number of hydrogen-bond donors (Lipinski definition) is 0. The number of rotatable bonds is 2. The highest BCUT2D eigenvalue weighted by molar-refractivity contribution is 5.82. The van der Waals surface area contributed by atoms with E-state index in [-0.39, 0.29) is 0 Å². The smallest absolute Gasteiger partial charge is 0.120 e. The highest BCUT2D eigenvalue weighted by Crippen LogP contribution is 2.29. The predicted octanol–water partition coefficient (Wildman–Crippen LogP) is 5.14. The van der Waals surface area contributed by atoms with Gasteiger partial charge in [-0.2, -0.15) is 5.10 Å². The number of hydrogen-bond acceptors (Lipinski definition) is 4. The second kappa shape index (κ2) is 9.42. The van der Waals surface area contributed by atoms with Crippen LogP contribution in [0, 0.1) is 0 Å². The van der Waals surface area contributed by atoms with Gasteiger partial charge < -0.3 is 0 Å². The third kappa shape index (κ3) is 4.11. The minimum atomic E-state index is 0.832. The van der Waals surface area contributed by atoms with Crippen molar-refractivity contribution in [1.82, 2.24) is 24.7 Å². The predicted molar refractivity (Wildman–Crippen MR) is 108 cm³/mol. The van der Waals surface area contributed by atoms with Crippen molar-refractivity contribution in [2.75, 3.05) is 0 Å². The van der Waals surface area contributed by atoms with Crippen LogP contribution in [0.4, 0.5) is 0 Å². The molecule has 0 aliphatic carbocycles. The highest BCUT2D eigenvalue weighted by atomic mass is 15.3. The summed E-state index contributed by atoms with van der Waals surface area (Å²) in [6.45, 7) is 8.00. The number of aromatic nitrogens is 5. The maximum atomic E-state index is 4.70. The maximum absolute atomic E-state index is 4.70. The van der Waals surface area contributed by atoms with Gasteiger partial charge in [0, 0.05) is 31.2 Å². The van der Waals surface area contributed by atoms with Crippen LogP contribution in [-0.4, -0.2) is 24.7 Å². The van der Waals surface area contributed by atoms with E-state index in [1.807, 2.05) is 83.4 Å². The maximum Gasteiger partial charge on any atom is 0.120 e. The van der Waals surface area contributed by atoms with Gasteiger partial charge in [0.25, 0.3) is 0 Å². The number of nitrogens with zero attached hydrogens (tertiary/aromatic N) is 5. The molecular formula is C21H25N5. The van der Waals surface area contributed by atoms with Crippen molar-refractivity contribution in [1.29, 1.82) is 0 Å². The lowest BCUT2D eigenvalue weighted by molar-refractivity contribution is 0.770. The van der Waals surface area contributed by atoms with Gasteiger partial charge in [-0.05, 0) is 36.4 Å². The summed E-state index contributed by atoms with van der Waals surface area (Å²) in [5.41, 5.74) is 5.26. The van der Waals surface area contributed by atoms with Crippen molar-refractivity contribution < 1.29 is 0 Å². The molecule has 0 atom stereocenters. The van der Waals surface area contributed by atoms with Crippen molar-refractivity contribution in [2.24, 2.45) is 7.05 Å². The molecule has 0 amide bonds. The third-order valence-corrected chi connectivity index (χ3v) is 3.47. The first-order chi connectivity index (χ1) is 12.8. The largest absolute Gasteiger partial charge is 0.274 e. The van der Waals surface area contributed by atoms with Crippen molar-refractivity contribution in [3.8, 4) is 22.6 Å². The Hall–Kier alpha value is -3.08. The molecule has 134 valence electrons. The highest BCUT2D eigenvalue weighted by Gasteiger charge is 2.14. The summed E-state index contributed by atoms with van der Waals surface area (Å²) in [5.74, 6) is 0. The zero-order chi connectivity index (χ0) is 18.9. The summed E-state index contributed by atoms with van der Waals surface area (Å²) in [5, 5.41) is 4.54. The molecule has 4 aromatic heterocycles. The number of aryl methyl sites for hydroxylation is 1. The average molecular weight is 347 g/mol. The second-order valence-electron chi connectivity index (χ2n) is 5.02. The molecule has 0 radical (unpaired) electrons. The van der Waals surface area contributed by atoms with Gasteiger partial charge in [0.05, 0.1) is 22.4 Å². The number of fused-ring (bicyclic) bond motifs is 1. The van der Waals surface area contributed by atoms with Gasteiger partial charge in [0.1, 0.15) is 5.69 Å². The second-order valence-corrected chi connectivity index (χ2v) is 5.02. The Morgan fingerprint density at radius 3 is 2.23 bits per heavy atom. The average Bonchev–Trinajstić information content (AvgIpc) is 3.13. The summed E-state index contributed by atoms with van der Waals surface area (Å²) < 4.78 is 1.79. The monoisotopic (exact) mass is 347 g/mol. The Bertz CT molecular complexity index is 945. The zero-order valence-corrected chi connectivity index (χ0v) is 16.0. The first-order valence-electron chi connectivity index (χ1n) is 8.98. The zero-order valence-electron chi connectivity index (χ0n) is 16.0. The fourth-order valence-electron chi connectivity index (χ4n) is 2.47. The van der Waals surface area contributed by atoms with Crippen LogP contribution in [0.3, 0.4) is 0 Å². The standard InChI is InChI=1S/C17H13N5.2C2H6/c1-22-11-12(17(21-22)16-5-2-3-9-19-16)13-7-8-14-15(20-13)6-4-10-18-14;2*1-2/h2-11H,1H3;2*1-2H3. The first kappa shape index (κ1) is 19.2. The Labute approximate surface area is 154 Å². The van der Waals surface area contributed by atoms with Gasteiger partial charge in [-0.25, -0.2) is 4.98 Å². The van der Waals surface area contributed by atoms with Gasteiger partial charge in [0.2, 0.25) is 0 Å². The molecule has 4 rings (SSSR count). The lowest BCUT2D eigenvalue weighted by Gasteiger charge is -2.03. The Morgan fingerprint density at radius 2 is 1.50 bits per heavy atom. The van der Waals surface area contributed by atoms with E-state index in [0.717, 1.165) is 33.7 Å². The quantitative estimate of drug-likeness (QED) is 0.503. The van der Waals surface area contributed by atoms with Crippen molar-refractivity contribution in [2.45, 2.75) is 27.7 Å². The summed E-state index contributed by atoms with van der Waals surface area (Å²) in [7, 11) is 1.90. The van der Waals surface area contributed by atoms with Crippen LogP contribution in [0.2, 0.25) is 0 Å². The molecule has 0 spiro atoms. The lowest BCUT2D eigenvalue weighted by Crippen LogP contribution is -1.90. The van der Waals surface area contributed by atoms with Gasteiger partial charge in [0.15, 0.2) is 0 Å². The van der Waals surface area contributed by atoms with Crippen molar-refractivity contribution in [3.05, 3.63) is 61.1 Å². The van der Waals surface area contributed by atoms with Crippen molar-refractivity contribution in [3.63, 3.8) is 0 Å². The molecule has 5 heteroatoms. The molecule has 4 heterocycles. The minimum absolute atomic E-state index is 0.832. The fourth-order valence-corrected chi connectivity index (χ4v) is 2.47. The fraction of sp³-hybridized carbons (Fsp3) is 0.238. The lowest BCUT2D eigenvalue weighted by atomic mass is 10.1. The van der Waals surface area contributed by atoms with E-state index in [4.69, 9.17) is 4.98 Å². The molecule has 0 fully saturated rings. The summed E-state index contributed by atoms with van der Waals surface area (Å²) >= 11 is 0. The van der Waals surface area contributed by atoms with Gasteiger partial charge in [-0.3, -0.25) is 14.6 Å². The molecule has 5 nitrogen and oxygen atoms in total. The summed E-state index contributed by atoms with van der Waals surface area (Å²) in [4.78, 5) is 13.4. The molecule has 0 saturated heterocycles. The summed E-state index contributed by atoms with van der Waals surface area (Å²) in [6, 6.07) is 13.6.